The fourth-order valence-corrected chi connectivity index (χ4v) is 4.18. The van der Waals surface area contributed by atoms with Crippen molar-refractivity contribution in [2.45, 2.75) is 97.4 Å². The van der Waals surface area contributed by atoms with E-state index in [1.807, 2.05) is 0 Å². The minimum absolute atomic E-state index is 1.06. The van der Waals surface area contributed by atoms with E-state index in [2.05, 4.69) is 53.7 Å². The van der Waals surface area contributed by atoms with E-state index in [0.29, 0.717) is 0 Å². The highest BCUT2D eigenvalue weighted by atomic mass is 15.3. The third-order valence-corrected chi connectivity index (χ3v) is 6.05. The van der Waals surface area contributed by atoms with Gasteiger partial charge in [-0.3, -0.25) is 9.48 Å². The normalized spacial score (nSPS) is 14.4. The number of rotatable bonds is 15. The average Bonchev–Trinajstić information content (AvgIpc) is 3.03. The van der Waals surface area contributed by atoms with Gasteiger partial charge in [-0.15, -0.1) is 0 Å². The summed E-state index contributed by atoms with van der Waals surface area (Å²) in [6, 6.07) is 10.9. The summed E-state index contributed by atoms with van der Waals surface area (Å²) in [5.74, 6) is 1.47. The number of hydrogen-bond donors (Lipinski definition) is 0. The van der Waals surface area contributed by atoms with Crippen molar-refractivity contribution >= 4 is 5.84 Å². The standard InChI is InChI=1S/C25H43N2/c1-3-4-5-6-7-8-9-10-11-12-13-17-20-26-21-22-27(24(26)2)23-25-18-15-14-16-19-25/h14-16,18-19H,3-13,17,20-23H2,1-2H3/q+1. The Morgan fingerprint density at radius 1 is 0.778 bits per heavy atom. The van der Waals surface area contributed by atoms with Crippen LogP contribution in [0, 0.1) is 0 Å². The van der Waals surface area contributed by atoms with Crippen molar-refractivity contribution < 1.29 is 4.58 Å². The van der Waals surface area contributed by atoms with Gasteiger partial charge in [-0.2, -0.15) is 0 Å². The molecule has 1 aromatic carbocycles. The molecule has 152 valence electrons. The fraction of sp³-hybridized carbons (Fsp3) is 0.720. The Morgan fingerprint density at radius 3 is 1.93 bits per heavy atom. The first kappa shape index (κ1) is 22.0. The van der Waals surface area contributed by atoms with Crippen molar-refractivity contribution in [3.8, 4) is 0 Å². The summed E-state index contributed by atoms with van der Waals surface area (Å²) in [6.07, 6.45) is 17.2. The maximum atomic E-state index is 2.60. The Kier molecular flexibility index (Phi) is 11.2. The lowest BCUT2D eigenvalue weighted by Gasteiger charge is -2.11. The van der Waals surface area contributed by atoms with E-state index in [1.54, 1.807) is 0 Å². The Hall–Kier alpha value is -1.31. The predicted molar refractivity (Wildman–Crippen MR) is 119 cm³/mol. The molecule has 0 fully saturated rings. The molecule has 2 rings (SSSR count). The molecule has 0 spiro atoms. The topological polar surface area (TPSA) is 6.25 Å². The number of hydrogen-bond acceptors (Lipinski definition) is 1. The van der Waals surface area contributed by atoms with Crippen molar-refractivity contribution in [2.75, 3.05) is 19.6 Å². The van der Waals surface area contributed by atoms with Crippen LogP contribution in [0.15, 0.2) is 30.3 Å². The van der Waals surface area contributed by atoms with E-state index in [0.717, 1.165) is 6.54 Å². The molecule has 1 aliphatic heterocycles. The minimum atomic E-state index is 1.06. The molecule has 1 aliphatic rings. The molecular weight excluding hydrogens is 328 g/mol. The van der Waals surface area contributed by atoms with Crippen molar-refractivity contribution in [1.29, 1.82) is 0 Å². The van der Waals surface area contributed by atoms with Crippen LogP contribution in [-0.4, -0.2) is 34.9 Å². The van der Waals surface area contributed by atoms with Crippen LogP contribution in [0.4, 0.5) is 0 Å². The van der Waals surface area contributed by atoms with Crippen LogP contribution in [-0.2, 0) is 6.54 Å². The molecule has 0 bridgehead atoms. The van der Waals surface area contributed by atoms with Crippen molar-refractivity contribution in [3.05, 3.63) is 35.9 Å². The van der Waals surface area contributed by atoms with Gasteiger partial charge in [0.2, 0.25) is 5.84 Å². The van der Waals surface area contributed by atoms with Gasteiger partial charge in [-0.05, 0) is 18.4 Å². The molecule has 0 saturated heterocycles. The summed E-state index contributed by atoms with van der Waals surface area (Å²) in [5, 5.41) is 0. The molecular formula is C25H43N2+. The third-order valence-electron chi connectivity index (χ3n) is 6.05. The highest BCUT2D eigenvalue weighted by molar-refractivity contribution is 5.75. The van der Waals surface area contributed by atoms with E-state index >= 15 is 0 Å². The number of amidine groups is 1. The fourth-order valence-electron chi connectivity index (χ4n) is 4.18. The van der Waals surface area contributed by atoms with Gasteiger partial charge >= 0.3 is 0 Å². The summed E-state index contributed by atoms with van der Waals surface area (Å²) >= 11 is 0. The highest BCUT2D eigenvalue weighted by Crippen LogP contribution is 2.13. The van der Waals surface area contributed by atoms with Gasteiger partial charge in [0.1, 0.15) is 19.6 Å². The highest BCUT2D eigenvalue weighted by Gasteiger charge is 2.25. The second-order valence-electron chi connectivity index (χ2n) is 8.33. The molecule has 0 aliphatic carbocycles. The average molecular weight is 372 g/mol. The predicted octanol–water partition coefficient (Wildman–Crippen LogP) is 6.63. The molecule has 2 nitrogen and oxygen atoms in total. The molecule has 0 aromatic heterocycles. The lowest BCUT2D eigenvalue weighted by Crippen LogP contribution is -2.28. The third kappa shape index (κ3) is 8.95. The van der Waals surface area contributed by atoms with Crippen LogP contribution >= 0.6 is 0 Å². The zero-order valence-corrected chi connectivity index (χ0v) is 18.1. The molecule has 0 unspecified atom stereocenters. The monoisotopic (exact) mass is 371 g/mol. The maximum absolute atomic E-state index is 2.60. The van der Waals surface area contributed by atoms with Crippen molar-refractivity contribution in [3.63, 3.8) is 0 Å². The second kappa shape index (κ2) is 13.8. The molecule has 1 heterocycles. The molecule has 27 heavy (non-hydrogen) atoms. The van der Waals surface area contributed by atoms with Crippen LogP contribution in [0.3, 0.4) is 0 Å². The Bertz CT molecular complexity index is 520. The van der Waals surface area contributed by atoms with Gasteiger partial charge in [0.15, 0.2) is 0 Å². The van der Waals surface area contributed by atoms with Gasteiger partial charge in [0.05, 0.1) is 6.54 Å². The summed E-state index contributed by atoms with van der Waals surface area (Å²) in [5.41, 5.74) is 1.42. The maximum Gasteiger partial charge on any atom is 0.244 e. The quantitative estimate of drug-likeness (QED) is 0.247. The Morgan fingerprint density at radius 2 is 1.33 bits per heavy atom. The Balaban J connectivity index is 1.47. The molecule has 0 atom stereocenters. The van der Waals surface area contributed by atoms with Gasteiger partial charge < -0.3 is 0 Å². The van der Waals surface area contributed by atoms with Gasteiger partial charge in [0, 0.05) is 6.92 Å². The number of benzene rings is 1. The van der Waals surface area contributed by atoms with Crippen molar-refractivity contribution in [1.82, 2.24) is 4.90 Å². The summed E-state index contributed by atoms with van der Waals surface area (Å²) in [6.45, 7) is 9.28. The number of unbranched alkanes of at least 4 members (excludes halogenated alkanes) is 11. The molecule has 0 amide bonds. The largest absolute Gasteiger partial charge is 0.262 e. The van der Waals surface area contributed by atoms with E-state index < -0.39 is 0 Å². The molecule has 0 radical (unpaired) electrons. The summed E-state index contributed by atoms with van der Waals surface area (Å²) in [4.78, 5) is 2.60. The lowest BCUT2D eigenvalue weighted by atomic mass is 10.1. The smallest absolute Gasteiger partial charge is 0.244 e. The minimum Gasteiger partial charge on any atom is -0.262 e. The molecule has 1 aromatic rings. The van der Waals surface area contributed by atoms with E-state index in [1.165, 1.54) is 108 Å². The van der Waals surface area contributed by atoms with Gasteiger partial charge in [-0.1, -0.05) is 101 Å². The molecule has 2 heteroatoms. The van der Waals surface area contributed by atoms with Gasteiger partial charge in [0.25, 0.3) is 0 Å². The first-order valence-electron chi connectivity index (χ1n) is 11.7. The van der Waals surface area contributed by atoms with Crippen LogP contribution in [0.25, 0.3) is 0 Å². The SMILES string of the molecule is CCCCCCCCCCCCCCN1CC[N+](Cc2ccccc2)=C1C. The first-order valence-corrected chi connectivity index (χ1v) is 11.7. The summed E-state index contributed by atoms with van der Waals surface area (Å²) in [7, 11) is 0. The van der Waals surface area contributed by atoms with Gasteiger partial charge in [-0.25, -0.2) is 0 Å². The first-order chi connectivity index (χ1) is 13.3. The zero-order valence-electron chi connectivity index (χ0n) is 18.1. The van der Waals surface area contributed by atoms with Crippen LogP contribution in [0.2, 0.25) is 0 Å². The second-order valence-corrected chi connectivity index (χ2v) is 8.33. The van der Waals surface area contributed by atoms with Crippen LogP contribution in [0.1, 0.15) is 96.5 Å². The van der Waals surface area contributed by atoms with E-state index in [9.17, 15) is 0 Å². The lowest BCUT2D eigenvalue weighted by molar-refractivity contribution is -0.534. The summed E-state index contributed by atoms with van der Waals surface area (Å²) < 4.78 is 2.54. The van der Waals surface area contributed by atoms with E-state index in [-0.39, 0.29) is 0 Å². The van der Waals surface area contributed by atoms with Crippen LogP contribution < -0.4 is 0 Å². The zero-order chi connectivity index (χ0) is 19.2. The molecule has 0 saturated carbocycles. The Labute approximate surface area is 168 Å². The number of nitrogens with zero attached hydrogens (tertiary/aromatic N) is 2. The van der Waals surface area contributed by atoms with E-state index in [4.69, 9.17) is 0 Å². The van der Waals surface area contributed by atoms with Crippen molar-refractivity contribution in [2.24, 2.45) is 0 Å². The molecule has 0 N–H and O–H groups in total. The van der Waals surface area contributed by atoms with Crippen LogP contribution in [0.5, 0.6) is 0 Å².